The third-order valence-corrected chi connectivity index (χ3v) is 3.09. The van der Waals surface area contributed by atoms with Crippen molar-refractivity contribution in [3.05, 3.63) is 0 Å². The molecule has 0 aromatic carbocycles. The van der Waals surface area contributed by atoms with Crippen molar-refractivity contribution < 1.29 is 15.0 Å². The SMILES string of the molecule is O=C(O)C1(O)CCN(C2CC2)CC1. The lowest BCUT2D eigenvalue weighted by molar-refractivity contribution is -0.163. The molecule has 2 rings (SSSR count). The molecule has 0 atom stereocenters. The van der Waals surface area contributed by atoms with E-state index in [4.69, 9.17) is 5.11 Å². The first-order chi connectivity index (χ1) is 6.12. The van der Waals surface area contributed by atoms with Crippen molar-refractivity contribution in [2.45, 2.75) is 37.3 Å². The number of nitrogens with zero attached hydrogens (tertiary/aromatic N) is 1. The second-order valence-corrected chi connectivity index (χ2v) is 4.10. The van der Waals surface area contributed by atoms with Crippen LogP contribution in [0.15, 0.2) is 0 Å². The lowest BCUT2D eigenvalue weighted by Crippen LogP contribution is -2.49. The lowest BCUT2D eigenvalue weighted by atomic mass is 9.91. The highest BCUT2D eigenvalue weighted by molar-refractivity contribution is 5.77. The van der Waals surface area contributed by atoms with E-state index in [2.05, 4.69) is 4.90 Å². The van der Waals surface area contributed by atoms with Gasteiger partial charge in [-0.3, -0.25) is 0 Å². The average molecular weight is 185 g/mol. The van der Waals surface area contributed by atoms with Crippen LogP contribution in [0.3, 0.4) is 0 Å². The van der Waals surface area contributed by atoms with Gasteiger partial charge in [0.1, 0.15) is 0 Å². The molecule has 0 amide bonds. The Hall–Kier alpha value is -0.610. The number of aliphatic carboxylic acids is 1. The van der Waals surface area contributed by atoms with Crippen molar-refractivity contribution in [1.29, 1.82) is 0 Å². The van der Waals surface area contributed by atoms with Crippen molar-refractivity contribution in [2.75, 3.05) is 13.1 Å². The first-order valence-electron chi connectivity index (χ1n) is 4.82. The summed E-state index contributed by atoms with van der Waals surface area (Å²) in [5.74, 6) is -1.07. The summed E-state index contributed by atoms with van der Waals surface area (Å²) in [6, 6.07) is 0.679. The van der Waals surface area contributed by atoms with Gasteiger partial charge in [0.15, 0.2) is 5.60 Å². The van der Waals surface area contributed by atoms with Crippen LogP contribution in [0.1, 0.15) is 25.7 Å². The van der Waals surface area contributed by atoms with E-state index in [0.29, 0.717) is 18.9 Å². The maximum absolute atomic E-state index is 10.7. The highest BCUT2D eigenvalue weighted by Crippen LogP contribution is 2.32. The fourth-order valence-corrected chi connectivity index (χ4v) is 1.91. The number of likely N-dealkylation sites (tertiary alicyclic amines) is 1. The van der Waals surface area contributed by atoms with Gasteiger partial charge in [0.2, 0.25) is 0 Å². The molecule has 2 fully saturated rings. The largest absolute Gasteiger partial charge is 0.479 e. The van der Waals surface area contributed by atoms with Crippen LogP contribution >= 0.6 is 0 Å². The summed E-state index contributed by atoms with van der Waals surface area (Å²) < 4.78 is 0. The zero-order valence-corrected chi connectivity index (χ0v) is 7.57. The Labute approximate surface area is 77.2 Å². The Balaban J connectivity index is 1.90. The van der Waals surface area contributed by atoms with E-state index in [9.17, 15) is 9.90 Å². The molecule has 0 radical (unpaired) electrons. The van der Waals surface area contributed by atoms with Crippen LogP contribution in [0.4, 0.5) is 0 Å². The number of aliphatic hydroxyl groups is 1. The standard InChI is InChI=1S/C9H15NO3/c11-8(12)9(13)3-5-10(6-4-9)7-1-2-7/h7,13H,1-6H2,(H,11,12). The number of rotatable bonds is 2. The van der Waals surface area contributed by atoms with Gasteiger partial charge < -0.3 is 15.1 Å². The Kier molecular flexibility index (Phi) is 2.04. The summed E-state index contributed by atoms with van der Waals surface area (Å²) in [7, 11) is 0. The first kappa shape index (κ1) is 8.97. The molecule has 2 aliphatic rings. The van der Waals surface area contributed by atoms with Crippen LogP contribution in [0, 0.1) is 0 Å². The molecule has 0 aromatic rings. The molecule has 1 aliphatic heterocycles. The predicted molar refractivity (Wildman–Crippen MR) is 46.4 cm³/mol. The molecule has 0 aromatic heterocycles. The minimum Gasteiger partial charge on any atom is -0.479 e. The van der Waals surface area contributed by atoms with Gasteiger partial charge in [-0.1, -0.05) is 0 Å². The summed E-state index contributed by atoms with van der Waals surface area (Å²) in [5, 5.41) is 18.4. The Morgan fingerprint density at radius 1 is 1.31 bits per heavy atom. The van der Waals surface area contributed by atoms with E-state index in [0.717, 1.165) is 13.1 Å². The average Bonchev–Trinajstić information content (AvgIpc) is 2.88. The second kappa shape index (κ2) is 2.96. The quantitative estimate of drug-likeness (QED) is 0.638. The van der Waals surface area contributed by atoms with Crippen molar-refractivity contribution in [3.8, 4) is 0 Å². The molecule has 1 saturated carbocycles. The zero-order valence-electron chi connectivity index (χ0n) is 7.57. The molecular weight excluding hydrogens is 170 g/mol. The zero-order chi connectivity index (χ0) is 9.47. The molecule has 0 unspecified atom stereocenters. The van der Waals surface area contributed by atoms with E-state index >= 15 is 0 Å². The fourth-order valence-electron chi connectivity index (χ4n) is 1.91. The van der Waals surface area contributed by atoms with Gasteiger partial charge in [-0.05, 0) is 25.7 Å². The maximum Gasteiger partial charge on any atom is 0.335 e. The van der Waals surface area contributed by atoms with Gasteiger partial charge in [0.05, 0.1) is 0 Å². The predicted octanol–water partition coefficient (Wildman–Crippen LogP) is 0.0603. The van der Waals surface area contributed by atoms with E-state index in [1.807, 2.05) is 0 Å². The molecular formula is C9H15NO3. The molecule has 4 nitrogen and oxygen atoms in total. The minimum absolute atomic E-state index is 0.374. The van der Waals surface area contributed by atoms with E-state index in [1.165, 1.54) is 12.8 Å². The summed E-state index contributed by atoms with van der Waals surface area (Å²) in [6.07, 6.45) is 3.23. The van der Waals surface area contributed by atoms with Gasteiger partial charge in [-0.15, -0.1) is 0 Å². The third kappa shape index (κ3) is 1.69. The van der Waals surface area contributed by atoms with E-state index in [-0.39, 0.29) is 0 Å². The summed E-state index contributed by atoms with van der Waals surface area (Å²) in [6.45, 7) is 1.46. The first-order valence-corrected chi connectivity index (χ1v) is 4.82. The van der Waals surface area contributed by atoms with Gasteiger partial charge in [-0.2, -0.15) is 0 Å². The van der Waals surface area contributed by atoms with Crippen molar-refractivity contribution in [3.63, 3.8) is 0 Å². The molecule has 1 heterocycles. The Morgan fingerprint density at radius 3 is 2.23 bits per heavy atom. The summed E-state index contributed by atoms with van der Waals surface area (Å²) in [5.41, 5.74) is -1.45. The molecule has 13 heavy (non-hydrogen) atoms. The van der Waals surface area contributed by atoms with Crippen molar-refractivity contribution in [1.82, 2.24) is 4.90 Å². The van der Waals surface area contributed by atoms with E-state index < -0.39 is 11.6 Å². The molecule has 0 bridgehead atoms. The number of hydrogen-bond donors (Lipinski definition) is 2. The van der Waals surface area contributed by atoms with E-state index in [1.54, 1.807) is 0 Å². The van der Waals surface area contributed by atoms with Crippen LogP contribution in [-0.4, -0.2) is 45.8 Å². The number of piperidine rings is 1. The number of carbonyl (C=O) groups is 1. The second-order valence-electron chi connectivity index (χ2n) is 4.10. The van der Waals surface area contributed by atoms with Crippen LogP contribution < -0.4 is 0 Å². The fraction of sp³-hybridized carbons (Fsp3) is 0.889. The van der Waals surface area contributed by atoms with Crippen LogP contribution in [0.5, 0.6) is 0 Å². The minimum atomic E-state index is -1.45. The molecule has 74 valence electrons. The lowest BCUT2D eigenvalue weighted by Gasteiger charge is -2.35. The molecule has 2 N–H and O–H groups in total. The third-order valence-electron chi connectivity index (χ3n) is 3.09. The normalized spacial score (nSPS) is 28.7. The van der Waals surface area contributed by atoms with Crippen LogP contribution in [0.25, 0.3) is 0 Å². The number of carboxylic acids is 1. The van der Waals surface area contributed by atoms with Gasteiger partial charge in [0, 0.05) is 19.1 Å². The summed E-state index contributed by atoms with van der Waals surface area (Å²) >= 11 is 0. The molecule has 4 heteroatoms. The van der Waals surface area contributed by atoms with Crippen LogP contribution in [0.2, 0.25) is 0 Å². The maximum atomic E-state index is 10.7. The molecule has 1 aliphatic carbocycles. The number of carboxylic acid groups (broad SMARTS) is 1. The molecule has 0 spiro atoms. The van der Waals surface area contributed by atoms with Crippen LogP contribution in [-0.2, 0) is 4.79 Å². The van der Waals surface area contributed by atoms with Gasteiger partial charge >= 0.3 is 5.97 Å². The topological polar surface area (TPSA) is 60.8 Å². The van der Waals surface area contributed by atoms with Gasteiger partial charge in [0.25, 0.3) is 0 Å². The number of hydrogen-bond acceptors (Lipinski definition) is 3. The highest BCUT2D eigenvalue weighted by Gasteiger charge is 2.42. The molecule has 1 saturated heterocycles. The Morgan fingerprint density at radius 2 is 1.85 bits per heavy atom. The van der Waals surface area contributed by atoms with Crippen molar-refractivity contribution >= 4 is 5.97 Å². The summed E-state index contributed by atoms with van der Waals surface area (Å²) in [4.78, 5) is 13.0. The smallest absolute Gasteiger partial charge is 0.335 e. The highest BCUT2D eigenvalue weighted by atomic mass is 16.4. The monoisotopic (exact) mass is 185 g/mol. The van der Waals surface area contributed by atoms with Gasteiger partial charge in [-0.25, -0.2) is 4.79 Å². The Bertz CT molecular complexity index is 217. The van der Waals surface area contributed by atoms with Crippen molar-refractivity contribution in [2.24, 2.45) is 0 Å².